The van der Waals surface area contributed by atoms with Crippen molar-refractivity contribution < 1.29 is 19.4 Å². The van der Waals surface area contributed by atoms with Crippen LogP contribution >= 0.6 is 11.6 Å². The predicted molar refractivity (Wildman–Crippen MR) is 94.7 cm³/mol. The van der Waals surface area contributed by atoms with Gasteiger partial charge in [0, 0.05) is 24.0 Å². The second-order valence-electron chi connectivity index (χ2n) is 6.46. The van der Waals surface area contributed by atoms with E-state index in [2.05, 4.69) is 9.72 Å². The molecular weight excluding hydrogens is 344 g/mol. The highest BCUT2D eigenvalue weighted by Crippen LogP contribution is 2.30. The molecule has 0 radical (unpaired) electrons. The van der Waals surface area contributed by atoms with Gasteiger partial charge < -0.3 is 19.7 Å². The lowest BCUT2D eigenvalue weighted by molar-refractivity contribution is -0.154. The number of hydrogen-bond donors (Lipinski definition) is 2. The molecule has 1 atom stereocenters. The van der Waals surface area contributed by atoms with Crippen molar-refractivity contribution in [1.29, 1.82) is 0 Å². The van der Waals surface area contributed by atoms with Gasteiger partial charge in [0.25, 0.3) is 5.91 Å². The normalized spacial score (nSPS) is 16.9. The Morgan fingerprint density at radius 1 is 1.36 bits per heavy atom. The summed E-state index contributed by atoms with van der Waals surface area (Å²) in [4.78, 5) is 29.0. The summed E-state index contributed by atoms with van der Waals surface area (Å²) in [6, 6.07) is 5.82. The third kappa shape index (κ3) is 3.37. The molecule has 1 amide bonds. The number of carbonyl (C=O) groups excluding carboxylic acids is 2. The van der Waals surface area contributed by atoms with Crippen molar-refractivity contribution in [2.45, 2.75) is 25.9 Å². The van der Waals surface area contributed by atoms with Crippen molar-refractivity contribution in [2.75, 3.05) is 20.2 Å². The molecule has 1 fully saturated rings. The van der Waals surface area contributed by atoms with E-state index in [1.54, 1.807) is 4.90 Å². The van der Waals surface area contributed by atoms with Gasteiger partial charge in [-0.15, -0.1) is 0 Å². The number of aryl methyl sites for hydroxylation is 1. The molecule has 1 aliphatic heterocycles. The summed E-state index contributed by atoms with van der Waals surface area (Å²) in [6.45, 7) is 2.90. The Morgan fingerprint density at radius 2 is 2.04 bits per heavy atom. The van der Waals surface area contributed by atoms with Gasteiger partial charge in [-0.05, 0) is 37.8 Å². The maximum absolute atomic E-state index is 12.8. The highest BCUT2D eigenvalue weighted by Gasteiger charge is 2.33. The number of aromatic amines is 1. The van der Waals surface area contributed by atoms with Crippen LogP contribution in [-0.2, 0) is 9.53 Å². The number of H-pyrrole nitrogens is 1. The lowest BCUT2D eigenvalue weighted by Crippen LogP contribution is -2.43. The van der Waals surface area contributed by atoms with Crippen molar-refractivity contribution in [1.82, 2.24) is 9.88 Å². The Balaban J connectivity index is 1.73. The van der Waals surface area contributed by atoms with Crippen LogP contribution in [0.3, 0.4) is 0 Å². The minimum absolute atomic E-state index is 0.162. The van der Waals surface area contributed by atoms with Gasteiger partial charge in [-0.3, -0.25) is 4.79 Å². The lowest BCUT2D eigenvalue weighted by Gasteiger charge is -2.33. The molecule has 0 unspecified atom stereocenters. The number of rotatable bonds is 3. The summed E-state index contributed by atoms with van der Waals surface area (Å²) in [7, 11) is 1.25. The van der Waals surface area contributed by atoms with Crippen molar-refractivity contribution in [3.63, 3.8) is 0 Å². The Hall–Kier alpha value is -2.05. The average Bonchev–Trinajstić information content (AvgIpc) is 2.96. The first-order chi connectivity index (χ1) is 11.9. The molecule has 6 nitrogen and oxygen atoms in total. The zero-order chi connectivity index (χ0) is 18.1. The number of carbonyl (C=O) groups is 2. The van der Waals surface area contributed by atoms with Crippen molar-refractivity contribution >= 4 is 34.4 Å². The van der Waals surface area contributed by atoms with Crippen LogP contribution < -0.4 is 0 Å². The van der Waals surface area contributed by atoms with Crippen LogP contribution in [0, 0.1) is 12.8 Å². The lowest BCUT2D eigenvalue weighted by atomic mass is 9.91. The molecule has 134 valence electrons. The molecule has 0 saturated carbocycles. The van der Waals surface area contributed by atoms with Crippen LogP contribution in [0.1, 0.15) is 28.9 Å². The number of methoxy groups -OCH3 is 1. The fourth-order valence-electron chi connectivity index (χ4n) is 3.31. The molecule has 3 rings (SSSR count). The van der Waals surface area contributed by atoms with Gasteiger partial charge in [-0.2, -0.15) is 0 Å². The van der Waals surface area contributed by atoms with E-state index < -0.39 is 12.1 Å². The van der Waals surface area contributed by atoms with Gasteiger partial charge in [-0.1, -0.05) is 23.2 Å². The number of aromatic nitrogens is 1. The predicted octanol–water partition coefficient (Wildman–Crippen LogP) is 2.52. The van der Waals surface area contributed by atoms with Crippen molar-refractivity contribution in [3.05, 3.63) is 34.5 Å². The van der Waals surface area contributed by atoms with Crippen LogP contribution in [0.4, 0.5) is 0 Å². The standard InChI is InChI=1S/C18H21ClN2O4/c1-10-3-4-13-12(9-10)14(19)15(20-13)17(23)21-7-5-11(6-8-21)16(22)18(24)25-2/h3-4,9,11,16,20,22H,5-8H2,1-2H3/t16-/m1/s1. The van der Waals surface area contributed by atoms with Crippen LogP contribution in [-0.4, -0.2) is 53.2 Å². The highest BCUT2D eigenvalue weighted by molar-refractivity contribution is 6.38. The molecule has 0 spiro atoms. The number of benzene rings is 1. The van der Waals surface area contributed by atoms with E-state index in [0.29, 0.717) is 36.6 Å². The number of fused-ring (bicyclic) bond motifs is 1. The average molecular weight is 365 g/mol. The number of nitrogens with zero attached hydrogens (tertiary/aromatic N) is 1. The molecule has 2 heterocycles. The summed E-state index contributed by atoms with van der Waals surface area (Å²) in [6.07, 6.45) is -0.0559. The largest absolute Gasteiger partial charge is 0.467 e. The molecule has 2 aromatic rings. The van der Waals surface area contributed by atoms with Crippen molar-refractivity contribution in [2.24, 2.45) is 5.92 Å². The molecule has 1 saturated heterocycles. The number of esters is 1. The topological polar surface area (TPSA) is 82.6 Å². The van der Waals surface area contributed by atoms with E-state index in [9.17, 15) is 14.7 Å². The summed E-state index contributed by atoms with van der Waals surface area (Å²) in [5.41, 5.74) is 2.29. The minimum Gasteiger partial charge on any atom is -0.467 e. The van der Waals surface area contributed by atoms with Crippen LogP contribution in [0.2, 0.25) is 5.02 Å². The molecular formula is C18H21ClN2O4. The summed E-state index contributed by atoms with van der Waals surface area (Å²) in [5.74, 6) is -0.985. The molecule has 1 aromatic heterocycles. The second kappa shape index (κ2) is 7.06. The number of aliphatic hydroxyl groups is 1. The zero-order valence-electron chi connectivity index (χ0n) is 14.2. The number of ether oxygens (including phenoxy) is 1. The molecule has 7 heteroatoms. The number of piperidine rings is 1. The maximum Gasteiger partial charge on any atom is 0.334 e. The van der Waals surface area contributed by atoms with E-state index >= 15 is 0 Å². The fraction of sp³-hybridized carbons (Fsp3) is 0.444. The maximum atomic E-state index is 12.8. The van der Waals surface area contributed by atoms with Crippen LogP contribution in [0.5, 0.6) is 0 Å². The first-order valence-corrected chi connectivity index (χ1v) is 8.63. The highest BCUT2D eigenvalue weighted by atomic mass is 35.5. The van der Waals surface area contributed by atoms with Gasteiger partial charge in [-0.25, -0.2) is 4.79 Å². The first kappa shape index (κ1) is 17.8. The quantitative estimate of drug-likeness (QED) is 0.820. The van der Waals surface area contributed by atoms with E-state index in [1.807, 2.05) is 25.1 Å². The van der Waals surface area contributed by atoms with Crippen molar-refractivity contribution in [3.8, 4) is 0 Å². The molecule has 25 heavy (non-hydrogen) atoms. The second-order valence-corrected chi connectivity index (χ2v) is 6.84. The molecule has 0 bridgehead atoms. The number of aliphatic hydroxyl groups excluding tert-OH is 1. The number of hydrogen-bond acceptors (Lipinski definition) is 4. The Morgan fingerprint density at radius 3 is 2.68 bits per heavy atom. The number of halogens is 1. The van der Waals surface area contributed by atoms with Crippen LogP contribution in [0.15, 0.2) is 18.2 Å². The van der Waals surface area contributed by atoms with Gasteiger partial charge in [0.1, 0.15) is 5.69 Å². The van der Waals surface area contributed by atoms with Gasteiger partial charge >= 0.3 is 5.97 Å². The Labute approximate surface area is 150 Å². The Bertz CT molecular complexity index is 809. The van der Waals surface area contributed by atoms with E-state index in [4.69, 9.17) is 11.6 Å². The van der Waals surface area contributed by atoms with Crippen LogP contribution in [0.25, 0.3) is 10.9 Å². The van der Waals surface area contributed by atoms with Gasteiger partial charge in [0.2, 0.25) is 0 Å². The van der Waals surface area contributed by atoms with Gasteiger partial charge in [0.15, 0.2) is 6.10 Å². The zero-order valence-corrected chi connectivity index (χ0v) is 15.0. The molecule has 1 aliphatic rings. The molecule has 0 aliphatic carbocycles. The third-order valence-corrected chi connectivity index (χ3v) is 5.21. The first-order valence-electron chi connectivity index (χ1n) is 8.25. The number of likely N-dealkylation sites (tertiary alicyclic amines) is 1. The monoisotopic (exact) mass is 364 g/mol. The Kier molecular flexibility index (Phi) is 5.01. The summed E-state index contributed by atoms with van der Waals surface area (Å²) in [5, 5.41) is 11.2. The smallest absolute Gasteiger partial charge is 0.334 e. The number of amides is 1. The summed E-state index contributed by atoms with van der Waals surface area (Å²) < 4.78 is 4.58. The van der Waals surface area contributed by atoms with E-state index in [0.717, 1.165) is 16.5 Å². The summed E-state index contributed by atoms with van der Waals surface area (Å²) >= 11 is 6.40. The number of nitrogens with one attached hydrogen (secondary N) is 1. The third-order valence-electron chi connectivity index (χ3n) is 4.82. The minimum atomic E-state index is -1.14. The van der Waals surface area contributed by atoms with E-state index in [-0.39, 0.29) is 11.8 Å². The molecule has 2 N–H and O–H groups in total. The fourth-order valence-corrected chi connectivity index (χ4v) is 3.59. The SMILES string of the molecule is COC(=O)[C@H](O)C1CCN(C(=O)c2[nH]c3ccc(C)cc3c2Cl)CC1. The van der Waals surface area contributed by atoms with Gasteiger partial charge in [0.05, 0.1) is 12.1 Å². The molecule has 1 aromatic carbocycles. The van der Waals surface area contributed by atoms with E-state index in [1.165, 1.54) is 7.11 Å².